The number of aliphatic hydroxyl groups is 1. The summed E-state index contributed by atoms with van der Waals surface area (Å²) in [5.74, 6) is 1.38. The summed E-state index contributed by atoms with van der Waals surface area (Å²) in [7, 11) is 2.29. The standard InChI is InChI=1S/C12H21NO/c1-8-11(14)7-10-5-6-12(8,13(10)2)9-3-4-9/h8-11,14H,3-7H2,1-2H3. The smallest absolute Gasteiger partial charge is 0.0598 e. The fraction of sp³-hybridized carbons (Fsp3) is 1.00. The van der Waals surface area contributed by atoms with Crippen molar-refractivity contribution in [3.63, 3.8) is 0 Å². The van der Waals surface area contributed by atoms with Crippen LogP contribution in [0.4, 0.5) is 0 Å². The molecule has 3 fully saturated rings. The molecule has 2 heteroatoms. The molecule has 1 aliphatic carbocycles. The fourth-order valence-corrected chi connectivity index (χ4v) is 4.20. The Morgan fingerprint density at radius 3 is 2.64 bits per heavy atom. The summed E-state index contributed by atoms with van der Waals surface area (Å²) in [5.41, 5.74) is 0.377. The van der Waals surface area contributed by atoms with E-state index in [1.807, 2.05) is 0 Å². The zero-order valence-corrected chi connectivity index (χ0v) is 9.24. The first kappa shape index (κ1) is 9.17. The maximum Gasteiger partial charge on any atom is 0.0598 e. The first-order valence-corrected chi connectivity index (χ1v) is 6.07. The number of rotatable bonds is 1. The molecule has 4 unspecified atom stereocenters. The maximum atomic E-state index is 10.1. The van der Waals surface area contributed by atoms with Crippen molar-refractivity contribution in [1.82, 2.24) is 4.90 Å². The molecule has 3 aliphatic rings. The molecule has 2 bridgehead atoms. The van der Waals surface area contributed by atoms with Crippen LogP contribution in [-0.2, 0) is 0 Å². The van der Waals surface area contributed by atoms with Crippen molar-refractivity contribution in [3.8, 4) is 0 Å². The van der Waals surface area contributed by atoms with E-state index in [1.165, 1.54) is 25.7 Å². The van der Waals surface area contributed by atoms with Crippen molar-refractivity contribution in [1.29, 1.82) is 0 Å². The Hall–Kier alpha value is -0.0800. The highest BCUT2D eigenvalue weighted by molar-refractivity contribution is 5.14. The molecule has 14 heavy (non-hydrogen) atoms. The summed E-state index contributed by atoms with van der Waals surface area (Å²) in [6.07, 6.45) is 6.40. The summed E-state index contributed by atoms with van der Waals surface area (Å²) in [4.78, 5) is 2.61. The van der Waals surface area contributed by atoms with E-state index in [0.29, 0.717) is 17.5 Å². The number of fused-ring (bicyclic) bond motifs is 2. The van der Waals surface area contributed by atoms with Gasteiger partial charge in [0, 0.05) is 17.5 Å². The second kappa shape index (κ2) is 2.73. The monoisotopic (exact) mass is 195 g/mol. The molecular formula is C12H21NO. The summed E-state index contributed by atoms with van der Waals surface area (Å²) in [5, 5.41) is 10.1. The highest BCUT2D eigenvalue weighted by Gasteiger charge is 2.60. The average Bonchev–Trinajstić information content (AvgIpc) is 2.94. The van der Waals surface area contributed by atoms with Gasteiger partial charge in [0.1, 0.15) is 0 Å². The summed E-state index contributed by atoms with van der Waals surface area (Å²) >= 11 is 0. The second-order valence-corrected chi connectivity index (χ2v) is 5.66. The van der Waals surface area contributed by atoms with Crippen LogP contribution in [0, 0.1) is 11.8 Å². The molecular weight excluding hydrogens is 174 g/mol. The lowest BCUT2D eigenvalue weighted by atomic mass is 9.74. The molecule has 2 heterocycles. The Morgan fingerprint density at radius 1 is 1.29 bits per heavy atom. The normalized spacial score (nSPS) is 53.8. The third kappa shape index (κ3) is 0.938. The Morgan fingerprint density at radius 2 is 2.00 bits per heavy atom. The number of hydrogen-bond acceptors (Lipinski definition) is 2. The number of hydrogen-bond donors (Lipinski definition) is 1. The summed E-state index contributed by atoms with van der Waals surface area (Å²) in [6, 6.07) is 0.668. The van der Waals surface area contributed by atoms with Crippen LogP contribution in [0.5, 0.6) is 0 Å². The van der Waals surface area contributed by atoms with Crippen molar-refractivity contribution in [3.05, 3.63) is 0 Å². The molecule has 2 saturated heterocycles. The zero-order valence-electron chi connectivity index (χ0n) is 9.24. The molecule has 3 rings (SSSR count). The minimum atomic E-state index is -0.0423. The predicted octanol–water partition coefficient (Wildman–Crippen LogP) is 1.63. The van der Waals surface area contributed by atoms with E-state index < -0.39 is 0 Å². The van der Waals surface area contributed by atoms with Crippen LogP contribution in [0.1, 0.15) is 39.0 Å². The fourth-order valence-electron chi connectivity index (χ4n) is 4.20. The lowest BCUT2D eigenvalue weighted by Gasteiger charge is -2.50. The zero-order chi connectivity index (χ0) is 9.92. The first-order valence-electron chi connectivity index (χ1n) is 6.07. The Labute approximate surface area is 86.3 Å². The third-order valence-corrected chi connectivity index (χ3v) is 5.25. The van der Waals surface area contributed by atoms with Crippen molar-refractivity contribution in [2.75, 3.05) is 7.05 Å². The molecule has 0 aromatic rings. The van der Waals surface area contributed by atoms with E-state index in [9.17, 15) is 5.11 Å². The van der Waals surface area contributed by atoms with Crippen molar-refractivity contribution >= 4 is 0 Å². The van der Waals surface area contributed by atoms with Crippen molar-refractivity contribution in [2.45, 2.75) is 56.7 Å². The van der Waals surface area contributed by atoms with E-state index in [4.69, 9.17) is 0 Å². The van der Waals surface area contributed by atoms with Crippen LogP contribution in [0.3, 0.4) is 0 Å². The molecule has 0 spiro atoms. The molecule has 2 aliphatic heterocycles. The lowest BCUT2D eigenvalue weighted by Crippen LogP contribution is -2.59. The summed E-state index contributed by atoms with van der Waals surface area (Å²) < 4.78 is 0. The van der Waals surface area contributed by atoms with Crippen LogP contribution in [0.25, 0.3) is 0 Å². The molecule has 2 nitrogen and oxygen atoms in total. The van der Waals surface area contributed by atoms with Gasteiger partial charge in [0.15, 0.2) is 0 Å². The quantitative estimate of drug-likeness (QED) is 0.687. The van der Waals surface area contributed by atoms with Gasteiger partial charge in [-0.3, -0.25) is 4.90 Å². The maximum absolute atomic E-state index is 10.1. The topological polar surface area (TPSA) is 23.5 Å². The lowest BCUT2D eigenvalue weighted by molar-refractivity contribution is -0.0655. The van der Waals surface area contributed by atoms with Gasteiger partial charge in [-0.15, -0.1) is 0 Å². The molecule has 0 aromatic heterocycles. The molecule has 80 valence electrons. The Bertz CT molecular complexity index is 251. The van der Waals surface area contributed by atoms with Crippen LogP contribution < -0.4 is 0 Å². The van der Waals surface area contributed by atoms with E-state index in [2.05, 4.69) is 18.9 Å². The van der Waals surface area contributed by atoms with E-state index in [1.54, 1.807) is 0 Å². The van der Waals surface area contributed by atoms with Crippen LogP contribution >= 0.6 is 0 Å². The van der Waals surface area contributed by atoms with Gasteiger partial charge in [-0.2, -0.15) is 0 Å². The van der Waals surface area contributed by atoms with Crippen molar-refractivity contribution < 1.29 is 5.11 Å². The highest BCUT2D eigenvalue weighted by Crippen LogP contribution is 2.57. The van der Waals surface area contributed by atoms with Gasteiger partial charge in [-0.05, 0) is 45.1 Å². The van der Waals surface area contributed by atoms with Gasteiger partial charge in [-0.1, -0.05) is 6.92 Å². The molecule has 0 amide bonds. The number of nitrogens with zero attached hydrogens (tertiary/aromatic N) is 1. The highest BCUT2D eigenvalue weighted by atomic mass is 16.3. The minimum absolute atomic E-state index is 0.0423. The van der Waals surface area contributed by atoms with E-state index in [-0.39, 0.29) is 6.10 Å². The molecule has 0 radical (unpaired) electrons. The van der Waals surface area contributed by atoms with Gasteiger partial charge in [0.05, 0.1) is 6.10 Å². The van der Waals surface area contributed by atoms with Crippen LogP contribution in [0.15, 0.2) is 0 Å². The van der Waals surface area contributed by atoms with E-state index in [0.717, 1.165) is 12.3 Å². The largest absolute Gasteiger partial charge is 0.393 e. The number of piperidine rings is 1. The van der Waals surface area contributed by atoms with E-state index >= 15 is 0 Å². The van der Waals surface area contributed by atoms with Gasteiger partial charge >= 0.3 is 0 Å². The molecule has 4 atom stereocenters. The second-order valence-electron chi connectivity index (χ2n) is 5.66. The minimum Gasteiger partial charge on any atom is -0.393 e. The van der Waals surface area contributed by atoms with Gasteiger partial charge in [-0.25, -0.2) is 0 Å². The molecule has 0 aromatic carbocycles. The summed E-state index contributed by atoms with van der Waals surface area (Å²) in [6.45, 7) is 2.26. The number of aliphatic hydroxyl groups excluding tert-OH is 1. The predicted molar refractivity (Wildman–Crippen MR) is 56.0 cm³/mol. The van der Waals surface area contributed by atoms with Crippen LogP contribution in [-0.4, -0.2) is 34.7 Å². The first-order chi connectivity index (χ1) is 6.66. The van der Waals surface area contributed by atoms with Gasteiger partial charge in [0.2, 0.25) is 0 Å². The third-order valence-electron chi connectivity index (χ3n) is 5.25. The van der Waals surface area contributed by atoms with Gasteiger partial charge < -0.3 is 5.11 Å². The van der Waals surface area contributed by atoms with Crippen LogP contribution in [0.2, 0.25) is 0 Å². The van der Waals surface area contributed by atoms with Gasteiger partial charge in [0.25, 0.3) is 0 Å². The Balaban J connectivity index is 1.98. The SMILES string of the molecule is CC1C(O)CC2CCC1(C1CC1)N2C. The molecule has 1 saturated carbocycles. The molecule has 1 N–H and O–H groups in total. The van der Waals surface area contributed by atoms with Crippen molar-refractivity contribution in [2.24, 2.45) is 11.8 Å². The average molecular weight is 195 g/mol. The Kier molecular flexibility index (Phi) is 1.79.